The molecule has 6 aromatic rings. The zero-order valence-corrected chi connectivity index (χ0v) is 48.3. The summed E-state index contributed by atoms with van der Waals surface area (Å²) in [5.74, 6) is -3.30. The summed E-state index contributed by atoms with van der Waals surface area (Å²) in [6.45, 7) is 0.977. The number of benzene rings is 6. The molecule has 0 spiro atoms. The molecule has 0 saturated carbocycles. The molecule has 0 aliphatic heterocycles. The van der Waals surface area contributed by atoms with Crippen molar-refractivity contribution in [1.29, 1.82) is 0 Å². The molecule has 1 aliphatic carbocycles. The molecule has 1 atom stereocenters. The van der Waals surface area contributed by atoms with Gasteiger partial charge in [-0.15, -0.1) is 5.11 Å². The van der Waals surface area contributed by atoms with Gasteiger partial charge < -0.3 is 18.8 Å². The summed E-state index contributed by atoms with van der Waals surface area (Å²) in [6.07, 6.45) is 0.631. The Bertz CT molecular complexity index is 3710. The molecule has 7 rings (SSSR count). The van der Waals surface area contributed by atoms with Gasteiger partial charge >= 0.3 is 118 Å². The fourth-order valence-corrected chi connectivity index (χ4v) is 9.13. The minimum Gasteiger partial charge on any atom is -0.860 e. The Balaban J connectivity index is 0.00000324. The summed E-state index contributed by atoms with van der Waals surface area (Å²) < 4.78 is 145. The fraction of sp³-hybridized carbons (Fsp3) is 0.0500. The number of Topliss-reactive ketones (excluding diaryl/α,β-unsaturated/α-hetero) is 2. The van der Waals surface area contributed by atoms with Crippen molar-refractivity contribution < 1.29 is 185 Å². The molecule has 0 amide bonds. The van der Waals surface area contributed by atoms with Gasteiger partial charge in [-0.2, -0.15) is 28.9 Å². The standard InChI is InChI=1S/C40H29N7O15S4.4Na/c1-21(48)37(40(50)41-23-8-3-2-4-9-23)46-45-32-20-25(63(51,52)53)16-22-17-35(66(60,61)62)38(39(49)36(22)32)47-44-31-15-14-30(26-10-5-6-11-27(26)31)43-42-24-18-29-28(34(19-24)65(57,58)59)12-7-13-33(29)64(54,55)56;;;;/h2-20,37,44H,1H3,(H,41,50)(H,51,52,53)(H,54,55,56)(H,57,58,59)(H,60,61,62);;;;/q;4*+1/p-4/b43-42?,46-45?,47-38+;;;;. The van der Waals surface area contributed by atoms with Crippen LogP contribution in [0.3, 0.4) is 0 Å². The first-order chi connectivity index (χ1) is 30.9. The number of azo groups is 2. The van der Waals surface area contributed by atoms with Gasteiger partial charge in [-0.1, -0.05) is 54.6 Å². The van der Waals surface area contributed by atoms with Gasteiger partial charge in [-0.3, -0.25) is 24.6 Å². The zero-order chi connectivity index (χ0) is 47.9. The number of nitrogens with one attached hydrogen (secondary N) is 1. The molecule has 338 valence electrons. The summed E-state index contributed by atoms with van der Waals surface area (Å²) in [5, 5.41) is 32.4. The average molecular weight is 1060 g/mol. The summed E-state index contributed by atoms with van der Waals surface area (Å²) >= 11 is 0. The summed E-state index contributed by atoms with van der Waals surface area (Å²) in [7, 11) is -21.1. The number of aliphatic imine (C=N–C) groups is 1. The number of nitrogens with zero attached hydrogens (tertiary/aromatic N) is 6. The van der Waals surface area contributed by atoms with Crippen LogP contribution in [-0.4, -0.2) is 81.1 Å². The van der Waals surface area contributed by atoms with E-state index in [1.807, 2.05) is 0 Å². The molecular formula is C40H25N7Na4O15S4. The van der Waals surface area contributed by atoms with Crippen LogP contribution in [-0.2, 0) is 45.3 Å². The van der Waals surface area contributed by atoms with Crippen LogP contribution in [0.4, 0.5) is 28.4 Å². The number of para-hydroxylation sites is 1. The van der Waals surface area contributed by atoms with Crippen LogP contribution >= 0.6 is 0 Å². The van der Waals surface area contributed by atoms with E-state index in [0.717, 1.165) is 37.3 Å². The second-order valence-electron chi connectivity index (χ2n) is 13.8. The molecule has 0 heterocycles. The van der Waals surface area contributed by atoms with E-state index in [-0.39, 0.29) is 157 Å². The number of hydrazone groups is 1. The van der Waals surface area contributed by atoms with Gasteiger partial charge in [0.15, 0.2) is 17.5 Å². The number of allylic oxidation sites excluding steroid dienone is 1. The number of anilines is 1. The largest absolute Gasteiger partial charge is 1.00 e. The summed E-state index contributed by atoms with van der Waals surface area (Å²) in [5.41, 5.74) is -0.426. The zero-order valence-electron chi connectivity index (χ0n) is 37.0. The van der Waals surface area contributed by atoms with Gasteiger partial charge in [-0.05, 0) is 79.1 Å². The first-order valence-electron chi connectivity index (χ1n) is 18.3. The Morgan fingerprint density at radius 2 is 1.24 bits per heavy atom. The predicted molar refractivity (Wildman–Crippen MR) is 230 cm³/mol. The molecular weight excluding hydrogens is 1040 g/mol. The van der Waals surface area contributed by atoms with Crippen molar-refractivity contribution in [1.82, 2.24) is 0 Å². The van der Waals surface area contributed by atoms with Crippen molar-refractivity contribution in [3.05, 3.63) is 125 Å². The van der Waals surface area contributed by atoms with Crippen LogP contribution in [0, 0.1) is 0 Å². The minimum absolute atomic E-state index is 0. The van der Waals surface area contributed by atoms with E-state index in [4.69, 9.17) is 0 Å². The minimum atomic E-state index is -5.36. The van der Waals surface area contributed by atoms with Gasteiger partial charge in [0.25, 0.3) is 10.1 Å². The third-order valence-corrected chi connectivity index (χ3v) is 12.9. The van der Waals surface area contributed by atoms with Gasteiger partial charge in [-0.25, -0.2) is 25.3 Å². The van der Waals surface area contributed by atoms with E-state index in [2.05, 4.69) is 36.0 Å². The fourth-order valence-electron chi connectivity index (χ4n) is 6.55. The second kappa shape index (κ2) is 24.2. The van der Waals surface area contributed by atoms with Crippen molar-refractivity contribution in [2.75, 3.05) is 5.43 Å². The van der Waals surface area contributed by atoms with Crippen molar-refractivity contribution >= 4 is 120 Å². The van der Waals surface area contributed by atoms with E-state index >= 15 is 0 Å². The quantitative estimate of drug-likeness (QED) is 0.0271. The van der Waals surface area contributed by atoms with Gasteiger partial charge in [0.05, 0.1) is 48.7 Å². The maximum absolute atomic E-state index is 14.2. The molecule has 0 saturated heterocycles. The van der Waals surface area contributed by atoms with E-state index < -0.39 is 111 Å². The molecule has 1 unspecified atom stereocenters. The molecule has 2 N–H and O–H groups in total. The van der Waals surface area contributed by atoms with Crippen molar-refractivity contribution in [2.45, 2.75) is 27.7 Å². The number of carbonyl (C=O) groups is 2. The topological polar surface area (TPSA) is 369 Å². The Labute approximate surface area is 487 Å². The van der Waals surface area contributed by atoms with Gasteiger partial charge in [0.2, 0.25) is 5.78 Å². The van der Waals surface area contributed by atoms with E-state index in [9.17, 15) is 66.6 Å². The normalized spacial score (nSPS) is 14.2. The molecule has 1 aliphatic rings. The first-order valence-corrected chi connectivity index (χ1v) is 23.9. The predicted octanol–water partition coefficient (Wildman–Crippen LogP) is -6.84. The van der Waals surface area contributed by atoms with Gasteiger partial charge in [0, 0.05) is 21.5 Å². The molecule has 6 aromatic carbocycles. The Hall–Kier alpha value is -3.30. The Kier molecular flexibility index (Phi) is 21.1. The van der Waals surface area contributed by atoms with Crippen molar-refractivity contribution in [2.24, 2.45) is 30.6 Å². The van der Waals surface area contributed by atoms with Crippen LogP contribution < -0.4 is 129 Å². The number of hydrogen-bond acceptors (Lipinski definition) is 21. The van der Waals surface area contributed by atoms with Crippen LogP contribution in [0.2, 0.25) is 0 Å². The van der Waals surface area contributed by atoms with Crippen LogP contribution in [0.25, 0.3) is 27.6 Å². The molecule has 0 aromatic heterocycles. The van der Waals surface area contributed by atoms with E-state index in [1.165, 1.54) is 36.4 Å². The Morgan fingerprint density at radius 3 is 1.84 bits per heavy atom. The SMILES string of the molecule is CC(=O)C(N=Nc1cc(S(=O)(=O)[O-])cc2c1C(=O)/C(=N/Nc1ccc(N=Nc3cc(S(=O)(=O)[O-])c4cccc(S(=O)(=O)[O-])c4c3)c3ccccc13)C(S(=O)(=O)O)=C2)C([O-])=Nc1ccccc1.[Na+].[Na+].[Na+].[Na+]. The summed E-state index contributed by atoms with van der Waals surface area (Å²) in [4.78, 5) is 26.6. The molecule has 0 fully saturated rings. The number of rotatable bonds is 13. The van der Waals surface area contributed by atoms with E-state index in [1.54, 1.807) is 30.3 Å². The van der Waals surface area contributed by atoms with Crippen molar-refractivity contribution in [3.63, 3.8) is 0 Å². The van der Waals surface area contributed by atoms with Crippen LogP contribution in [0.15, 0.2) is 159 Å². The average Bonchev–Trinajstić information content (AvgIpc) is 3.23. The Morgan fingerprint density at radius 1 is 0.629 bits per heavy atom. The first kappa shape index (κ1) is 61.0. The van der Waals surface area contributed by atoms with Crippen LogP contribution in [0.1, 0.15) is 22.8 Å². The number of carbonyl (C=O) groups excluding carboxylic acids is 2. The molecule has 0 radical (unpaired) electrons. The summed E-state index contributed by atoms with van der Waals surface area (Å²) in [6, 6.07) is 20.8. The number of fused-ring (bicyclic) bond motifs is 3. The monoisotopic (exact) mass is 1060 g/mol. The maximum atomic E-state index is 14.2. The van der Waals surface area contributed by atoms with Crippen LogP contribution in [0.5, 0.6) is 0 Å². The number of ketones is 2. The van der Waals surface area contributed by atoms with Gasteiger partial charge in [0.1, 0.15) is 35.3 Å². The molecule has 70 heavy (non-hydrogen) atoms. The second-order valence-corrected chi connectivity index (χ2v) is 19.3. The third kappa shape index (κ3) is 13.8. The van der Waals surface area contributed by atoms with Crippen molar-refractivity contribution in [3.8, 4) is 0 Å². The molecule has 22 nitrogen and oxygen atoms in total. The molecule has 30 heteroatoms. The van der Waals surface area contributed by atoms with E-state index in [0.29, 0.717) is 18.2 Å². The maximum Gasteiger partial charge on any atom is 1.00 e. The molecule has 0 bridgehead atoms. The smallest absolute Gasteiger partial charge is 0.860 e. The third-order valence-electron chi connectivity index (χ3n) is 9.45. The number of hydrogen-bond donors (Lipinski definition) is 2.